The van der Waals surface area contributed by atoms with E-state index in [9.17, 15) is 0 Å². The average Bonchev–Trinajstić information content (AvgIpc) is 2.44. The van der Waals surface area contributed by atoms with Crippen LogP contribution in [-0.4, -0.2) is 4.98 Å². The van der Waals surface area contributed by atoms with Gasteiger partial charge in [-0.3, -0.25) is 0 Å². The maximum absolute atomic E-state index is 5.96. The molecule has 0 bridgehead atoms. The quantitative estimate of drug-likeness (QED) is 0.892. The zero-order valence-electron chi connectivity index (χ0n) is 12.6. The Balaban J connectivity index is 2.21. The van der Waals surface area contributed by atoms with Gasteiger partial charge in [-0.25, -0.2) is 4.98 Å². The van der Waals surface area contributed by atoms with Crippen molar-refractivity contribution in [2.75, 3.05) is 5.73 Å². The van der Waals surface area contributed by atoms with Gasteiger partial charge in [0.2, 0.25) is 5.88 Å². The first-order valence-electron chi connectivity index (χ1n) is 6.93. The highest BCUT2D eigenvalue weighted by Crippen LogP contribution is 2.31. The normalized spacial score (nSPS) is 11.4. The number of nitrogen functional groups attached to an aromatic ring is 1. The van der Waals surface area contributed by atoms with E-state index < -0.39 is 0 Å². The highest BCUT2D eigenvalue weighted by atomic mass is 16.5. The molecule has 106 valence electrons. The SMILES string of the molecule is CCC(C)(C)c1ccc(Oc2nccc(C)c2N)cc1. The van der Waals surface area contributed by atoms with Gasteiger partial charge in [-0.2, -0.15) is 0 Å². The number of benzene rings is 1. The fourth-order valence-corrected chi connectivity index (χ4v) is 1.92. The predicted octanol–water partition coefficient (Wildman–Crippen LogP) is 4.45. The van der Waals surface area contributed by atoms with Crippen LogP contribution in [0.2, 0.25) is 0 Å². The minimum Gasteiger partial charge on any atom is -0.437 e. The Hall–Kier alpha value is -2.03. The van der Waals surface area contributed by atoms with Gasteiger partial charge in [-0.15, -0.1) is 0 Å². The minimum atomic E-state index is 0.180. The second-order valence-electron chi connectivity index (χ2n) is 5.71. The molecule has 3 heteroatoms. The Morgan fingerprint density at radius 2 is 1.80 bits per heavy atom. The minimum absolute atomic E-state index is 0.180. The Bertz CT molecular complexity index is 588. The molecule has 0 unspecified atom stereocenters. The zero-order valence-corrected chi connectivity index (χ0v) is 12.6. The van der Waals surface area contributed by atoms with E-state index in [2.05, 4.69) is 37.9 Å². The van der Waals surface area contributed by atoms with Crippen molar-refractivity contribution in [2.24, 2.45) is 0 Å². The first-order chi connectivity index (χ1) is 9.44. The molecule has 2 N–H and O–H groups in total. The van der Waals surface area contributed by atoms with Crippen molar-refractivity contribution in [3.8, 4) is 11.6 Å². The van der Waals surface area contributed by atoms with Crippen molar-refractivity contribution in [3.05, 3.63) is 47.7 Å². The van der Waals surface area contributed by atoms with Gasteiger partial charge in [0.25, 0.3) is 0 Å². The summed E-state index contributed by atoms with van der Waals surface area (Å²) in [5.41, 5.74) is 9.01. The smallest absolute Gasteiger partial charge is 0.242 e. The molecular weight excluding hydrogens is 248 g/mol. The molecule has 0 fully saturated rings. The summed E-state index contributed by atoms with van der Waals surface area (Å²) in [6.07, 6.45) is 2.80. The Morgan fingerprint density at radius 1 is 1.15 bits per heavy atom. The van der Waals surface area contributed by atoms with Gasteiger partial charge < -0.3 is 10.5 Å². The number of hydrogen-bond acceptors (Lipinski definition) is 3. The molecule has 1 aromatic carbocycles. The number of nitrogens with two attached hydrogens (primary N) is 1. The van der Waals surface area contributed by atoms with Gasteiger partial charge in [0.15, 0.2) is 0 Å². The van der Waals surface area contributed by atoms with E-state index in [4.69, 9.17) is 10.5 Å². The number of nitrogens with zero attached hydrogens (tertiary/aromatic N) is 1. The van der Waals surface area contributed by atoms with Crippen molar-refractivity contribution in [2.45, 2.75) is 39.5 Å². The second kappa shape index (κ2) is 5.53. The molecule has 0 radical (unpaired) electrons. The predicted molar refractivity (Wildman–Crippen MR) is 83.2 cm³/mol. The van der Waals surface area contributed by atoms with Gasteiger partial charge in [0, 0.05) is 6.20 Å². The van der Waals surface area contributed by atoms with Crippen LogP contribution in [-0.2, 0) is 5.41 Å². The zero-order chi connectivity index (χ0) is 14.8. The van der Waals surface area contributed by atoms with E-state index in [1.165, 1.54) is 5.56 Å². The maximum atomic E-state index is 5.96. The van der Waals surface area contributed by atoms with Crippen LogP contribution in [0.3, 0.4) is 0 Å². The van der Waals surface area contributed by atoms with Crippen LogP contribution in [0.4, 0.5) is 5.69 Å². The third kappa shape index (κ3) is 2.93. The van der Waals surface area contributed by atoms with Crippen LogP contribution >= 0.6 is 0 Å². The lowest BCUT2D eigenvalue weighted by molar-refractivity contribution is 0.462. The van der Waals surface area contributed by atoms with E-state index in [-0.39, 0.29) is 5.41 Å². The monoisotopic (exact) mass is 270 g/mol. The van der Waals surface area contributed by atoms with E-state index >= 15 is 0 Å². The maximum Gasteiger partial charge on any atom is 0.242 e. The number of pyridine rings is 1. The number of rotatable bonds is 4. The number of anilines is 1. The molecule has 1 heterocycles. The summed E-state index contributed by atoms with van der Waals surface area (Å²) in [6.45, 7) is 8.62. The lowest BCUT2D eigenvalue weighted by Gasteiger charge is -2.23. The summed E-state index contributed by atoms with van der Waals surface area (Å²) in [5, 5.41) is 0. The van der Waals surface area contributed by atoms with Crippen LogP contribution in [0.5, 0.6) is 11.6 Å². The Morgan fingerprint density at radius 3 is 2.40 bits per heavy atom. The molecule has 0 atom stereocenters. The number of hydrogen-bond donors (Lipinski definition) is 1. The molecule has 0 aliphatic carbocycles. The molecule has 0 spiro atoms. The van der Waals surface area contributed by atoms with E-state index in [0.29, 0.717) is 11.6 Å². The van der Waals surface area contributed by atoms with Crippen molar-refractivity contribution >= 4 is 5.69 Å². The summed E-state index contributed by atoms with van der Waals surface area (Å²) >= 11 is 0. The lowest BCUT2D eigenvalue weighted by Crippen LogP contribution is -2.14. The fourth-order valence-electron chi connectivity index (χ4n) is 1.92. The van der Waals surface area contributed by atoms with Gasteiger partial charge in [0.05, 0.1) is 5.69 Å². The summed E-state index contributed by atoms with van der Waals surface area (Å²) in [7, 11) is 0. The molecule has 0 aliphatic rings. The first kappa shape index (κ1) is 14.4. The second-order valence-corrected chi connectivity index (χ2v) is 5.71. The third-order valence-corrected chi connectivity index (χ3v) is 3.91. The number of aryl methyl sites for hydroxylation is 1. The molecule has 2 aromatic rings. The van der Waals surface area contributed by atoms with Gasteiger partial charge in [-0.1, -0.05) is 32.9 Å². The third-order valence-electron chi connectivity index (χ3n) is 3.91. The molecule has 20 heavy (non-hydrogen) atoms. The standard InChI is InChI=1S/C17H22N2O/c1-5-17(3,4)13-6-8-14(9-7-13)20-16-15(18)12(2)10-11-19-16/h6-11H,5,18H2,1-4H3. The Labute approximate surface area is 120 Å². The molecule has 0 amide bonds. The van der Waals surface area contributed by atoms with Crippen LogP contribution in [0.1, 0.15) is 38.3 Å². The van der Waals surface area contributed by atoms with Crippen LogP contribution in [0, 0.1) is 6.92 Å². The van der Waals surface area contributed by atoms with Crippen molar-refractivity contribution in [1.82, 2.24) is 4.98 Å². The summed E-state index contributed by atoms with van der Waals surface area (Å²) in [4.78, 5) is 4.17. The summed E-state index contributed by atoms with van der Waals surface area (Å²) < 4.78 is 5.76. The fraction of sp³-hybridized carbons (Fsp3) is 0.353. The molecule has 3 nitrogen and oxygen atoms in total. The summed E-state index contributed by atoms with van der Waals surface area (Å²) in [6, 6.07) is 10.0. The molecule has 0 aliphatic heterocycles. The van der Waals surface area contributed by atoms with Gasteiger partial charge in [-0.05, 0) is 48.1 Å². The number of aromatic nitrogens is 1. The van der Waals surface area contributed by atoms with Crippen LogP contribution < -0.4 is 10.5 Å². The molecular formula is C17H22N2O. The van der Waals surface area contributed by atoms with E-state index in [0.717, 1.165) is 17.7 Å². The van der Waals surface area contributed by atoms with E-state index in [1.54, 1.807) is 6.20 Å². The van der Waals surface area contributed by atoms with Crippen molar-refractivity contribution in [1.29, 1.82) is 0 Å². The number of ether oxygens (including phenoxy) is 1. The molecule has 1 aromatic heterocycles. The van der Waals surface area contributed by atoms with Gasteiger partial charge >= 0.3 is 0 Å². The van der Waals surface area contributed by atoms with Crippen molar-refractivity contribution < 1.29 is 4.74 Å². The molecule has 0 saturated carbocycles. The molecule has 2 rings (SSSR count). The van der Waals surface area contributed by atoms with Gasteiger partial charge in [0.1, 0.15) is 5.75 Å². The highest BCUT2D eigenvalue weighted by Gasteiger charge is 2.17. The topological polar surface area (TPSA) is 48.1 Å². The summed E-state index contributed by atoms with van der Waals surface area (Å²) in [5.74, 6) is 1.22. The first-order valence-corrected chi connectivity index (χ1v) is 6.93. The lowest BCUT2D eigenvalue weighted by atomic mass is 9.82. The van der Waals surface area contributed by atoms with Crippen LogP contribution in [0.25, 0.3) is 0 Å². The van der Waals surface area contributed by atoms with Crippen LogP contribution in [0.15, 0.2) is 36.5 Å². The van der Waals surface area contributed by atoms with Crippen molar-refractivity contribution in [3.63, 3.8) is 0 Å². The van der Waals surface area contributed by atoms with E-state index in [1.807, 2.05) is 25.1 Å². The Kier molecular flexibility index (Phi) is 3.98. The molecule has 0 saturated heterocycles. The largest absolute Gasteiger partial charge is 0.437 e. The average molecular weight is 270 g/mol. The highest BCUT2D eigenvalue weighted by molar-refractivity contribution is 5.55.